The molecular weight excluding hydrogens is 204 g/mol. The Morgan fingerprint density at radius 3 is 2.69 bits per heavy atom. The molecule has 0 bridgehead atoms. The lowest BCUT2D eigenvalue weighted by atomic mass is 10.2. The third-order valence-corrected chi connectivity index (χ3v) is 3.48. The molecule has 1 rings (SSSR count). The van der Waals surface area contributed by atoms with Crippen LogP contribution < -0.4 is 0 Å². The van der Waals surface area contributed by atoms with Gasteiger partial charge in [0, 0.05) is 27.3 Å². The average Bonchev–Trinajstić information content (AvgIpc) is 2.09. The van der Waals surface area contributed by atoms with Crippen LogP contribution in [0.3, 0.4) is 0 Å². The van der Waals surface area contributed by atoms with Gasteiger partial charge < -0.3 is 0 Å². The molecule has 0 heterocycles. The van der Waals surface area contributed by atoms with Gasteiger partial charge in [-0.3, -0.25) is 4.21 Å². The zero-order valence-electron chi connectivity index (χ0n) is 7.84. The van der Waals surface area contributed by atoms with E-state index in [0.717, 1.165) is 16.1 Å². The summed E-state index contributed by atoms with van der Waals surface area (Å²) in [4.78, 5) is 0. The number of halogens is 1. The first-order valence-electron chi connectivity index (χ1n) is 4.23. The molecule has 0 aliphatic rings. The molecule has 0 N–H and O–H groups in total. The highest BCUT2D eigenvalue weighted by Crippen LogP contribution is 2.18. The maximum atomic E-state index is 11.3. The van der Waals surface area contributed by atoms with Crippen molar-refractivity contribution in [1.82, 2.24) is 0 Å². The minimum Gasteiger partial charge on any atom is -0.259 e. The summed E-state index contributed by atoms with van der Waals surface area (Å²) in [6, 6.07) is 5.85. The Kier molecular flexibility index (Phi) is 3.94. The summed E-state index contributed by atoms with van der Waals surface area (Å²) in [5, 5.41) is 0.724. The van der Waals surface area contributed by atoms with Gasteiger partial charge in [0.05, 0.1) is 0 Å². The van der Waals surface area contributed by atoms with Gasteiger partial charge in [-0.15, -0.1) is 0 Å². The van der Waals surface area contributed by atoms with E-state index in [0.29, 0.717) is 11.5 Å². The minimum atomic E-state index is -0.779. The van der Waals surface area contributed by atoms with E-state index in [1.807, 2.05) is 32.0 Å². The molecule has 0 saturated carbocycles. The van der Waals surface area contributed by atoms with Gasteiger partial charge in [-0.25, -0.2) is 0 Å². The molecule has 3 heteroatoms. The highest BCUT2D eigenvalue weighted by Gasteiger charge is 2.03. The van der Waals surface area contributed by atoms with Gasteiger partial charge in [-0.1, -0.05) is 30.7 Å². The van der Waals surface area contributed by atoms with Crippen molar-refractivity contribution in [3.63, 3.8) is 0 Å². The molecule has 0 radical (unpaired) electrons. The highest BCUT2D eigenvalue weighted by molar-refractivity contribution is 7.84. The minimum absolute atomic E-state index is 0.565. The van der Waals surface area contributed by atoms with Crippen LogP contribution in [0.5, 0.6) is 0 Å². The highest BCUT2D eigenvalue weighted by atomic mass is 35.5. The Morgan fingerprint density at radius 1 is 1.46 bits per heavy atom. The molecule has 0 aliphatic carbocycles. The second-order valence-electron chi connectivity index (χ2n) is 2.97. The summed E-state index contributed by atoms with van der Waals surface area (Å²) in [5.41, 5.74) is 2.11. The molecule has 13 heavy (non-hydrogen) atoms. The zero-order valence-corrected chi connectivity index (χ0v) is 9.41. The second kappa shape index (κ2) is 4.77. The van der Waals surface area contributed by atoms with Crippen LogP contribution in [0.2, 0.25) is 5.02 Å². The quantitative estimate of drug-likeness (QED) is 0.760. The lowest BCUT2D eigenvalue weighted by Crippen LogP contribution is -1.98. The van der Waals surface area contributed by atoms with Gasteiger partial charge >= 0.3 is 0 Å². The molecule has 72 valence electrons. The van der Waals surface area contributed by atoms with Crippen molar-refractivity contribution < 1.29 is 4.21 Å². The van der Waals surface area contributed by atoms with E-state index in [2.05, 4.69) is 0 Å². The Balaban J connectivity index is 2.83. The summed E-state index contributed by atoms with van der Waals surface area (Å²) in [7, 11) is -0.779. The summed E-state index contributed by atoms with van der Waals surface area (Å²) < 4.78 is 11.3. The summed E-state index contributed by atoms with van der Waals surface area (Å²) in [5.74, 6) is 1.25. The zero-order chi connectivity index (χ0) is 9.84. The SMILES string of the molecule is CCS(=O)Cc1ccc(C)cc1Cl. The van der Waals surface area contributed by atoms with Crippen LogP contribution in [0.15, 0.2) is 18.2 Å². The first kappa shape index (κ1) is 10.7. The molecule has 1 atom stereocenters. The van der Waals surface area contributed by atoms with Crippen molar-refractivity contribution in [3.05, 3.63) is 34.3 Å². The van der Waals surface area contributed by atoms with E-state index in [-0.39, 0.29) is 0 Å². The first-order valence-corrected chi connectivity index (χ1v) is 6.10. The Hall–Kier alpha value is -0.340. The van der Waals surface area contributed by atoms with Gasteiger partial charge in [-0.2, -0.15) is 0 Å². The number of rotatable bonds is 3. The predicted molar refractivity (Wildman–Crippen MR) is 58.6 cm³/mol. The van der Waals surface area contributed by atoms with E-state index in [1.165, 1.54) is 0 Å². The van der Waals surface area contributed by atoms with Gasteiger partial charge in [0.25, 0.3) is 0 Å². The van der Waals surface area contributed by atoms with Crippen molar-refractivity contribution in [2.45, 2.75) is 19.6 Å². The van der Waals surface area contributed by atoms with Crippen LogP contribution in [0.1, 0.15) is 18.1 Å². The maximum absolute atomic E-state index is 11.3. The fraction of sp³-hybridized carbons (Fsp3) is 0.400. The normalized spacial score (nSPS) is 12.8. The Morgan fingerprint density at radius 2 is 2.15 bits per heavy atom. The fourth-order valence-electron chi connectivity index (χ4n) is 1.04. The van der Waals surface area contributed by atoms with E-state index >= 15 is 0 Å². The van der Waals surface area contributed by atoms with Gasteiger partial charge in [0.1, 0.15) is 0 Å². The Labute approximate surface area is 86.6 Å². The number of aryl methyl sites for hydroxylation is 1. The lowest BCUT2D eigenvalue weighted by molar-refractivity contribution is 0.683. The fourth-order valence-corrected chi connectivity index (χ4v) is 2.23. The predicted octanol–water partition coefficient (Wildman–Crippen LogP) is 2.92. The van der Waals surface area contributed by atoms with Crippen LogP contribution in [0, 0.1) is 6.92 Å². The van der Waals surface area contributed by atoms with Gasteiger partial charge in [-0.05, 0) is 24.1 Å². The number of hydrogen-bond donors (Lipinski definition) is 0. The molecule has 0 amide bonds. The van der Waals surface area contributed by atoms with Crippen molar-refractivity contribution in [1.29, 1.82) is 0 Å². The Bertz CT molecular complexity index is 323. The van der Waals surface area contributed by atoms with E-state index in [4.69, 9.17) is 11.6 Å². The smallest absolute Gasteiger partial charge is 0.0500 e. The van der Waals surface area contributed by atoms with Crippen LogP contribution >= 0.6 is 11.6 Å². The molecule has 1 nitrogen and oxygen atoms in total. The first-order chi connectivity index (χ1) is 6.13. The molecule has 1 unspecified atom stereocenters. The number of benzene rings is 1. The third-order valence-electron chi connectivity index (χ3n) is 1.85. The van der Waals surface area contributed by atoms with Crippen molar-refractivity contribution >= 4 is 22.4 Å². The maximum Gasteiger partial charge on any atom is 0.0500 e. The molecule has 0 spiro atoms. The molecule has 1 aromatic rings. The van der Waals surface area contributed by atoms with Crippen molar-refractivity contribution in [3.8, 4) is 0 Å². The topological polar surface area (TPSA) is 17.1 Å². The standard InChI is InChI=1S/C10H13ClOS/c1-3-13(12)7-9-5-4-8(2)6-10(9)11/h4-6H,3,7H2,1-2H3. The van der Waals surface area contributed by atoms with E-state index in [9.17, 15) is 4.21 Å². The van der Waals surface area contributed by atoms with E-state index < -0.39 is 10.8 Å². The van der Waals surface area contributed by atoms with Crippen molar-refractivity contribution in [2.24, 2.45) is 0 Å². The van der Waals surface area contributed by atoms with Gasteiger partial charge in [0.15, 0.2) is 0 Å². The van der Waals surface area contributed by atoms with Crippen molar-refractivity contribution in [2.75, 3.05) is 5.75 Å². The van der Waals surface area contributed by atoms with Crippen LogP contribution in [0.25, 0.3) is 0 Å². The molecule has 0 saturated heterocycles. The second-order valence-corrected chi connectivity index (χ2v) is 5.12. The third kappa shape index (κ3) is 3.12. The molecule has 0 aromatic heterocycles. The molecule has 0 fully saturated rings. The van der Waals surface area contributed by atoms with E-state index in [1.54, 1.807) is 0 Å². The van der Waals surface area contributed by atoms with Crippen LogP contribution in [-0.2, 0) is 16.6 Å². The summed E-state index contributed by atoms with van der Waals surface area (Å²) in [6.07, 6.45) is 0. The van der Waals surface area contributed by atoms with Crippen LogP contribution in [-0.4, -0.2) is 9.96 Å². The molecular formula is C10H13ClOS. The summed E-state index contributed by atoms with van der Waals surface area (Å²) in [6.45, 7) is 3.91. The molecule has 0 aliphatic heterocycles. The average molecular weight is 217 g/mol. The summed E-state index contributed by atoms with van der Waals surface area (Å²) >= 11 is 6.00. The number of hydrogen-bond acceptors (Lipinski definition) is 1. The molecule has 1 aromatic carbocycles. The largest absolute Gasteiger partial charge is 0.259 e. The van der Waals surface area contributed by atoms with Crippen LogP contribution in [0.4, 0.5) is 0 Å². The monoisotopic (exact) mass is 216 g/mol. The lowest BCUT2D eigenvalue weighted by Gasteiger charge is -2.03. The van der Waals surface area contributed by atoms with Gasteiger partial charge in [0.2, 0.25) is 0 Å².